The van der Waals surface area contributed by atoms with Gasteiger partial charge in [-0.15, -0.1) is 0 Å². The number of hydrogen-bond acceptors (Lipinski definition) is 5. The van der Waals surface area contributed by atoms with Crippen LogP contribution in [0.15, 0.2) is 48.5 Å². The summed E-state index contributed by atoms with van der Waals surface area (Å²) in [6.07, 6.45) is -5.50. The second kappa shape index (κ2) is 10.4. The van der Waals surface area contributed by atoms with Gasteiger partial charge in [0.25, 0.3) is 0 Å². The van der Waals surface area contributed by atoms with Gasteiger partial charge in [-0.25, -0.2) is 4.79 Å². The maximum absolute atomic E-state index is 12.6. The molecule has 34 heavy (non-hydrogen) atoms. The quantitative estimate of drug-likeness (QED) is 0.408. The molecule has 0 heterocycles. The van der Waals surface area contributed by atoms with Gasteiger partial charge in [-0.3, -0.25) is 4.79 Å². The van der Waals surface area contributed by atoms with Crippen LogP contribution >= 0.6 is 23.2 Å². The number of carbonyl (C=O) groups is 2. The highest BCUT2D eigenvalue weighted by atomic mass is 35.5. The van der Waals surface area contributed by atoms with Crippen molar-refractivity contribution in [1.82, 2.24) is 5.32 Å². The van der Waals surface area contributed by atoms with Gasteiger partial charge in [-0.1, -0.05) is 35.3 Å². The van der Waals surface area contributed by atoms with E-state index in [1.54, 1.807) is 30.6 Å². The van der Waals surface area contributed by atoms with Crippen molar-refractivity contribution in [2.24, 2.45) is 0 Å². The summed E-state index contributed by atoms with van der Waals surface area (Å²) >= 11 is 12.6. The van der Waals surface area contributed by atoms with Crippen molar-refractivity contribution in [2.45, 2.75) is 18.6 Å². The predicted molar refractivity (Wildman–Crippen MR) is 121 cm³/mol. The molecule has 0 radical (unpaired) electrons. The number of alkyl halides is 3. The lowest BCUT2D eigenvalue weighted by atomic mass is 10.1. The minimum Gasteiger partial charge on any atom is -0.497 e. The summed E-state index contributed by atoms with van der Waals surface area (Å²) in [5.41, 5.74) is 0.283. The molecule has 3 rings (SSSR count). The van der Waals surface area contributed by atoms with Gasteiger partial charge in [0.15, 0.2) is 5.75 Å². The molecule has 0 bridgehead atoms. The first-order valence-corrected chi connectivity index (χ1v) is 10.5. The zero-order valence-electron chi connectivity index (χ0n) is 17.8. The van der Waals surface area contributed by atoms with Gasteiger partial charge in [0, 0.05) is 6.42 Å². The van der Waals surface area contributed by atoms with E-state index in [1.165, 1.54) is 12.1 Å². The monoisotopic (exact) mass is 515 g/mol. The largest absolute Gasteiger partial charge is 0.497 e. The number of halogens is 5. The van der Waals surface area contributed by atoms with Crippen LogP contribution in [0.1, 0.15) is 5.56 Å². The molecule has 180 valence electrons. The van der Waals surface area contributed by atoms with Crippen LogP contribution in [0.4, 0.5) is 13.2 Å². The normalized spacial score (nSPS) is 12.2. The van der Waals surface area contributed by atoms with Gasteiger partial charge in [-0.05, 0) is 52.7 Å². The fourth-order valence-electron chi connectivity index (χ4n) is 3.15. The summed E-state index contributed by atoms with van der Waals surface area (Å²) in [4.78, 5) is 23.2. The third-order valence-electron chi connectivity index (χ3n) is 4.79. The summed E-state index contributed by atoms with van der Waals surface area (Å²) in [5.74, 6) is -2.06. The maximum Gasteiger partial charge on any atom is 0.471 e. The van der Waals surface area contributed by atoms with Crippen molar-refractivity contribution in [2.75, 3.05) is 14.2 Å². The molecule has 11 heteroatoms. The molecule has 0 spiro atoms. The summed E-state index contributed by atoms with van der Waals surface area (Å²) in [6.45, 7) is 0. The first-order chi connectivity index (χ1) is 16.0. The molecule has 0 unspecified atom stereocenters. The number of carbonyl (C=O) groups excluding carboxylic acids is 2. The van der Waals surface area contributed by atoms with E-state index in [2.05, 4.69) is 4.74 Å². The Balaban J connectivity index is 1.83. The highest BCUT2D eigenvalue weighted by Crippen LogP contribution is 2.38. The molecule has 1 N–H and O–H groups in total. The number of esters is 1. The average Bonchev–Trinajstić information content (AvgIpc) is 2.79. The smallest absolute Gasteiger partial charge is 0.471 e. The lowest BCUT2D eigenvalue weighted by Gasteiger charge is -2.18. The lowest BCUT2D eigenvalue weighted by molar-refractivity contribution is -0.175. The SMILES string of the molecule is COC(=O)[C@H](Cc1cc(Cl)c(Oc2ccc3cc(OC)ccc3c2)c(Cl)c1)NC(=O)C(F)(F)F. The van der Waals surface area contributed by atoms with Gasteiger partial charge in [-0.2, -0.15) is 13.2 Å². The second-order valence-corrected chi connectivity index (χ2v) is 7.93. The van der Waals surface area contributed by atoms with Crippen LogP contribution in [-0.2, 0) is 20.7 Å². The second-order valence-electron chi connectivity index (χ2n) is 7.12. The minimum atomic E-state index is -5.16. The molecule has 0 saturated heterocycles. The van der Waals surface area contributed by atoms with E-state index in [0.717, 1.165) is 17.9 Å². The first-order valence-electron chi connectivity index (χ1n) is 9.71. The van der Waals surface area contributed by atoms with Gasteiger partial charge in [0.1, 0.15) is 17.5 Å². The fourth-order valence-corrected chi connectivity index (χ4v) is 3.76. The van der Waals surface area contributed by atoms with Gasteiger partial charge < -0.3 is 19.5 Å². The number of methoxy groups -OCH3 is 2. The highest BCUT2D eigenvalue weighted by molar-refractivity contribution is 6.37. The van der Waals surface area contributed by atoms with Crippen LogP contribution in [0.3, 0.4) is 0 Å². The molecule has 0 fully saturated rings. The molecule has 0 aliphatic carbocycles. The molecular weight excluding hydrogens is 498 g/mol. The number of ether oxygens (including phenoxy) is 3. The third-order valence-corrected chi connectivity index (χ3v) is 5.35. The van der Waals surface area contributed by atoms with Crippen LogP contribution in [0.2, 0.25) is 10.0 Å². The zero-order valence-corrected chi connectivity index (χ0v) is 19.3. The van der Waals surface area contributed by atoms with Crippen LogP contribution in [0.25, 0.3) is 10.8 Å². The Morgan fingerprint density at radius 1 is 0.941 bits per heavy atom. The van der Waals surface area contributed by atoms with Crippen molar-refractivity contribution in [3.05, 3.63) is 64.1 Å². The fraction of sp³-hybridized carbons (Fsp3) is 0.217. The Labute approximate surface area is 202 Å². The average molecular weight is 516 g/mol. The zero-order chi connectivity index (χ0) is 25.0. The Hall–Kier alpha value is -3.17. The Morgan fingerprint density at radius 2 is 1.50 bits per heavy atom. The topological polar surface area (TPSA) is 73.9 Å². The highest BCUT2D eigenvalue weighted by Gasteiger charge is 2.41. The van der Waals surface area contributed by atoms with E-state index in [-0.39, 0.29) is 27.8 Å². The maximum atomic E-state index is 12.6. The van der Waals surface area contributed by atoms with Crippen LogP contribution in [-0.4, -0.2) is 38.3 Å². The summed E-state index contributed by atoms with van der Waals surface area (Å²) < 4.78 is 53.4. The molecule has 0 aliphatic rings. The third kappa shape index (κ3) is 6.03. The van der Waals surface area contributed by atoms with Gasteiger partial charge in [0.05, 0.1) is 24.3 Å². The van der Waals surface area contributed by atoms with E-state index in [0.29, 0.717) is 11.5 Å². The van der Waals surface area contributed by atoms with Crippen molar-refractivity contribution >= 4 is 45.9 Å². The number of amides is 1. The van der Waals surface area contributed by atoms with E-state index >= 15 is 0 Å². The molecule has 3 aromatic rings. The van der Waals surface area contributed by atoms with E-state index in [4.69, 9.17) is 32.7 Å². The molecule has 1 amide bonds. The van der Waals surface area contributed by atoms with E-state index < -0.39 is 24.1 Å². The molecule has 1 atom stereocenters. The Bertz CT molecular complexity index is 1210. The molecule has 6 nitrogen and oxygen atoms in total. The Kier molecular flexibility index (Phi) is 7.78. The van der Waals surface area contributed by atoms with E-state index in [9.17, 15) is 22.8 Å². The number of nitrogens with one attached hydrogen (secondary N) is 1. The molecule has 0 aromatic heterocycles. The summed E-state index contributed by atoms with van der Waals surface area (Å²) in [6, 6.07) is 12.0. The van der Waals surface area contributed by atoms with Crippen LogP contribution < -0.4 is 14.8 Å². The van der Waals surface area contributed by atoms with Crippen molar-refractivity contribution in [1.29, 1.82) is 0 Å². The lowest BCUT2D eigenvalue weighted by Crippen LogP contribution is -2.48. The first kappa shape index (κ1) is 25.5. The molecular formula is C23H18Cl2F3NO5. The number of benzene rings is 3. The molecule has 0 aliphatic heterocycles. The molecule has 0 saturated carbocycles. The number of hydrogen-bond donors (Lipinski definition) is 1. The van der Waals surface area contributed by atoms with Crippen molar-refractivity contribution in [3.63, 3.8) is 0 Å². The number of fused-ring (bicyclic) bond motifs is 1. The van der Waals surface area contributed by atoms with Gasteiger partial charge >= 0.3 is 18.1 Å². The van der Waals surface area contributed by atoms with Crippen molar-refractivity contribution in [3.8, 4) is 17.2 Å². The summed E-state index contributed by atoms with van der Waals surface area (Å²) in [7, 11) is 2.57. The minimum absolute atomic E-state index is 0.0584. The number of rotatable bonds is 7. The van der Waals surface area contributed by atoms with E-state index in [1.807, 2.05) is 18.2 Å². The molecule has 3 aromatic carbocycles. The summed E-state index contributed by atoms with van der Waals surface area (Å²) in [5, 5.41) is 3.53. The predicted octanol–water partition coefficient (Wildman–Crippen LogP) is 5.71. The standard InChI is InChI=1S/C23H18Cl2F3NO5/c1-32-15-5-3-14-11-16(6-4-13(14)10-15)34-20-17(24)7-12(8-18(20)25)9-19(21(30)33-2)29-22(31)23(26,27)28/h3-8,10-11,19H,9H2,1-2H3,(H,29,31)/t19-/m0/s1. The van der Waals surface area contributed by atoms with Crippen molar-refractivity contribution < 1.29 is 37.0 Å². The van der Waals surface area contributed by atoms with Crippen LogP contribution in [0, 0.1) is 0 Å². The van der Waals surface area contributed by atoms with Crippen LogP contribution in [0.5, 0.6) is 17.2 Å². The Morgan fingerprint density at radius 3 is 2.03 bits per heavy atom. The van der Waals surface area contributed by atoms with Gasteiger partial charge in [0.2, 0.25) is 0 Å².